The van der Waals surface area contributed by atoms with Crippen LogP contribution in [0.15, 0.2) is 30.3 Å². The standard InChI is InChI=1S/C10H10N2O.Al.H/c11-6-8-5-4-7-2-1-3-9(13)10(7)12-8;;/h1-5,13H,6,11H2;;/q;+1;/p-1. The van der Waals surface area contributed by atoms with E-state index in [-0.39, 0.29) is 0 Å². The first-order valence-corrected chi connectivity index (χ1v) is 4.93. The van der Waals surface area contributed by atoms with Crippen molar-refractivity contribution in [1.82, 2.24) is 4.98 Å². The molecule has 0 amide bonds. The number of pyridine rings is 1. The second kappa shape index (κ2) is 3.97. The third-order valence-electron chi connectivity index (χ3n) is 2.11. The Bertz CT molecular complexity index is 459. The van der Waals surface area contributed by atoms with E-state index >= 15 is 0 Å². The van der Waals surface area contributed by atoms with Gasteiger partial charge >= 0.3 is 16.6 Å². The van der Waals surface area contributed by atoms with Gasteiger partial charge in [0.1, 0.15) is 11.3 Å². The number of hydrogen-bond acceptors (Lipinski definition) is 3. The molecular formula is C10H10AlN2O. The molecule has 4 heteroatoms. The van der Waals surface area contributed by atoms with E-state index in [1.807, 2.05) is 30.3 Å². The predicted molar refractivity (Wildman–Crippen MR) is 57.4 cm³/mol. The zero-order valence-electron chi connectivity index (χ0n) is 7.73. The molecule has 69 valence electrons. The molecule has 1 heterocycles. The fourth-order valence-electron chi connectivity index (χ4n) is 1.39. The molecule has 0 spiro atoms. The molecule has 1 aromatic carbocycles. The zero-order valence-corrected chi connectivity index (χ0v) is 9.15. The molecule has 0 unspecified atom stereocenters. The minimum atomic E-state index is 0.455. The summed E-state index contributed by atoms with van der Waals surface area (Å²) in [5.41, 5.74) is 7.29. The van der Waals surface area contributed by atoms with Crippen molar-refractivity contribution < 1.29 is 3.79 Å². The summed E-state index contributed by atoms with van der Waals surface area (Å²) in [6.45, 7) is 0.455. The van der Waals surface area contributed by atoms with Crippen molar-refractivity contribution in [2.45, 2.75) is 6.54 Å². The van der Waals surface area contributed by atoms with Crippen molar-refractivity contribution in [2.24, 2.45) is 5.73 Å². The molecule has 1 aromatic heterocycles. The second-order valence-corrected chi connectivity index (χ2v) is 3.27. The third-order valence-corrected chi connectivity index (χ3v) is 2.42. The van der Waals surface area contributed by atoms with Crippen molar-refractivity contribution in [2.75, 3.05) is 0 Å². The van der Waals surface area contributed by atoms with Crippen molar-refractivity contribution in [1.29, 1.82) is 0 Å². The number of fused-ring (bicyclic) bond motifs is 1. The lowest BCUT2D eigenvalue weighted by Gasteiger charge is -2.07. The highest BCUT2D eigenvalue weighted by Crippen LogP contribution is 2.23. The number of nitrogens with zero attached hydrogens (tertiary/aromatic N) is 1. The van der Waals surface area contributed by atoms with Crippen LogP contribution in [0.3, 0.4) is 0 Å². The monoisotopic (exact) mass is 201 g/mol. The Morgan fingerprint density at radius 1 is 1.29 bits per heavy atom. The molecule has 0 aliphatic carbocycles. The summed E-state index contributed by atoms with van der Waals surface area (Å²) in [6.07, 6.45) is 0. The summed E-state index contributed by atoms with van der Waals surface area (Å²) in [7, 11) is 0. The number of benzene rings is 1. The number of rotatable bonds is 2. The summed E-state index contributed by atoms with van der Waals surface area (Å²) < 4.78 is 5.25. The molecule has 0 saturated carbocycles. The summed E-state index contributed by atoms with van der Waals surface area (Å²) >= 11 is 1.45. The quantitative estimate of drug-likeness (QED) is 0.734. The number of para-hydroxylation sites is 1. The van der Waals surface area contributed by atoms with Gasteiger partial charge in [-0.15, -0.1) is 0 Å². The minimum absolute atomic E-state index is 0.455. The summed E-state index contributed by atoms with van der Waals surface area (Å²) in [5.74, 6) is 0.802. The van der Waals surface area contributed by atoms with Crippen LogP contribution in [0.1, 0.15) is 5.69 Å². The van der Waals surface area contributed by atoms with Gasteiger partial charge in [-0.25, -0.2) is 4.98 Å². The van der Waals surface area contributed by atoms with Gasteiger partial charge in [0.15, 0.2) is 0 Å². The number of hydrogen-bond donors (Lipinski definition) is 1. The van der Waals surface area contributed by atoms with Gasteiger partial charge in [0.2, 0.25) is 0 Å². The van der Waals surface area contributed by atoms with Gasteiger partial charge < -0.3 is 9.52 Å². The molecule has 2 rings (SSSR count). The van der Waals surface area contributed by atoms with Gasteiger partial charge in [0.25, 0.3) is 0 Å². The molecule has 0 atom stereocenters. The first-order chi connectivity index (χ1) is 6.85. The van der Waals surface area contributed by atoms with Gasteiger partial charge in [0, 0.05) is 11.9 Å². The van der Waals surface area contributed by atoms with Crippen LogP contribution in [0.4, 0.5) is 0 Å². The molecule has 0 aliphatic heterocycles. The smallest absolute Gasteiger partial charge is 0.494 e. The molecule has 0 aliphatic rings. The third kappa shape index (κ3) is 1.60. The van der Waals surface area contributed by atoms with E-state index in [9.17, 15) is 0 Å². The first kappa shape index (κ1) is 9.48. The summed E-state index contributed by atoms with van der Waals surface area (Å²) in [5, 5.41) is 1.08. The average Bonchev–Trinajstić information content (AvgIpc) is 2.27. The summed E-state index contributed by atoms with van der Waals surface area (Å²) in [4.78, 5) is 4.42. The van der Waals surface area contributed by atoms with Gasteiger partial charge in [0.05, 0.1) is 5.69 Å². The van der Waals surface area contributed by atoms with Crippen molar-refractivity contribution in [3.05, 3.63) is 36.0 Å². The maximum Gasteiger partial charge on any atom is 0.494 e. The lowest BCUT2D eigenvalue weighted by molar-refractivity contribution is 0.621. The highest BCUT2D eigenvalue weighted by molar-refractivity contribution is 6.01. The number of aromatic nitrogens is 1. The van der Waals surface area contributed by atoms with Crippen LogP contribution in [0.2, 0.25) is 0 Å². The van der Waals surface area contributed by atoms with Crippen molar-refractivity contribution in [3.63, 3.8) is 0 Å². The van der Waals surface area contributed by atoms with E-state index < -0.39 is 0 Å². The highest BCUT2D eigenvalue weighted by atomic mass is 27.1. The van der Waals surface area contributed by atoms with E-state index in [2.05, 4.69) is 4.98 Å². The molecule has 0 fully saturated rings. The topological polar surface area (TPSA) is 48.1 Å². The van der Waals surface area contributed by atoms with E-state index in [4.69, 9.17) is 9.52 Å². The van der Waals surface area contributed by atoms with E-state index in [1.54, 1.807) is 0 Å². The Morgan fingerprint density at radius 3 is 2.86 bits per heavy atom. The van der Waals surface area contributed by atoms with Crippen LogP contribution >= 0.6 is 0 Å². The van der Waals surface area contributed by atoms with Crippen molar-refractivity contribution in [3.8, 4) is 5.75 Å². The Hall–Kier alpha value is -1.08. The molecule has 0 bridgehead atoms. The van der Waals surface area contributed by atoms with Crippen LogP contribution in [0.25, 0.3) is 10.9 Å². The predicted octanol–water partition coefficient (Wildman–Crippen LogP) is 0.888. The molecule has 0 saturated heterocycles. The van der Waals surface area contributed by atoms with Crippen LogP contribution in [-0.2, 0) is 6.54 Å². The molecule has 2 N–H and O–H groups in total. The Balaban J connectivity index is 2.70. The van der Waals surface area contributed by atoms with Gasteiger partial charge in [-0.05, 0) is 12.1 Å². The first-order valence-electron chi connectivity index (χ1n) is 4.36. The molecule has 1 radical (unpaired) electrons. The maximum absolute atomic E-state index is 5.53. The molecular weight excluding hydrogens is 191 g/mol. The zero-order chi connectivity index (χ0) is 9.97. The maximum atomic E-state index is 5.53. The van der Waals surface area contributed by atoms with Gasteiger partial charge in [-0.3, -0.25) is 0 Å². The Labute approximate surface area is 90.7 Å². The fourth-order valence-corrected chi connectivity index (χ4v) is 1.62. The van der Waals surface area contributed by atoms with Crippen LogP contribution in [-0.4, -0.2) is 21.6 Å². The lowest BCUT2D eigenvalue weighted by atomic mass is 10.2. The van der Waals surface area contributed by atoms with Crippen LogP contribution in [0.5, 0.6) is 5.75 Å². The van der Waals surface area contributed by atoms with E-state index in [0.717, 1.165) is 22.3 Å². The van der Waals surface area contributed by atoms with Gasteiger partial charge in [-0.2, -0.15) is 0 Å². The highest BCUT2D eigenvalue weighted by Gasteiger charge is 2.01. The minimum Gasteiger partial charge on any atom is -0.649 e. The lowest BCUT2D eigenvalue weighted by Crippen LogP contribution is -2.00. The molecule has 2 aromatic rings. The Kier molecular flexibility index (Phi) is 2.69. The van der Waals surface area contributed by atoms with Gasteiger partial charge in [-0.1, -0.05) is 18.2 Å². The summed E-state index contributed by atoms with van der Waals surface area (Å²) in [6, 6.07) is 9.81. The van der Waals surface area contributed by atoms with E-state index in [1.165, 1.54) is 16.6 Å². The van der Waals surface area contributed by atoms with Crippen LogP contribution < -0.4 is 9.52 Å². The molecule has 14 heavy (non-hydrogen) atoms. The SMILES string of the molecule is NCc1ccc2cccc([O][AlH])c2n1. The molecule has 3 nitrogen and oxygen atoms in total. The normalized spacial score (nSPS) is 10.4. The number of nitrogens with two attached hydrogens (primary N) is 1. The second-order valence-electron chi connectivity index (χ2n) is 2.98. The Morgan fingerprint density at radius 2 is 2.14 bits per heavy atom. The largest absolute Gasteiger partial charge is 0.649 e. The van der Waals surface area contributed by atoms with E-state index in [0.29, 0.717) is 6.54 Å². The fraction of sp³-hybridized carbons (Fsp3) is 0.100. The average molecular weight is 201 g/mol. The van der Waals surface area contributed by atoms with Crippen molar-refractivity contribution >= 4 is 27.5 Å². The van der Waals surface area contributed by atoms with Crippen LogP contribution in [0, 0.1) is 0 Å².